The molecule has 1 aliphatic heterocycles. The summed E-state index contributed by atoms with van der Waals surface area (Å²) < 4.78 is 21.4. The van der Waals surface area contributed by atoms with E-state index in [1.54, 1.807) is 35.9 Å². The number of thioether (sulfide) groups is 1. The lowest BCUT2D eigenvalue weighted by molar-refractivity contribution is -0.116. The van der Waals surface area contributed by atoms with Gasteiger partial charge < -0.3 is 14.6 Å². The number of carbonyl (C=O) groups is 1. The number of nitrogens with one attached hydrogen (secondary N) is 1. The van der Waals surface area contributed by atoms with Crippen LogP contribution in [0.4, 0.5) is 10.2 Å². The number of fused-ring (bicyclic) bond motifs is 1. The SMILES string of the molecule is C=CCOc1ccccc1[C@H]1CC(=O)Nc2c1c(=O)nc(SCc1ccccc1F)n2C. The number of carbonyl (C=O) groups excluding carboxylic acids is 1. The van der Waals surface area contributed by atoms with Crippen LogP contribution in [0, 0.1) is 5.82 Å². The number of aromatic nitrogens is 2. The zero-order chi connectivity index (χ0) is 22.7. The van der Waals surface area contributed by atoms with Crippen molar-refractivity contribution in [2.75, 3.05) is 11.9 Å². The molecule has 0 bridgehead atoms. The molecule has 2 aromatic carbocycles. The Labute approximate surface area is 189 Å². The van der Waals surface area contributed by atoms with Crippen LogP contribution in [0.3, 0.4) is 0 Å². The molecule has 1 aliphatic rings. The largest absolute Gasteiger partial charge is 0.489 e. The summed E-state index contributed by atoms with van der Waals surface area (Å²) in [6.45, 7) is 3.98. The Morgan fingerprint density at radius 1 is 1.25 bits per heavy atom. The summed E-state index contributed by atoms with van der Waals surface area (Å²) in [6, 6.07) is 13.8. The van der Waals surface area contributed by atoms with Crippen molar-refractivity contribution in [1.82, 2.24) is 9.55 Å². The minimum Gasteiger partial charge on any atom is -0.489 e. The average Bonchev–Trinajstić information content (AvgIpc) is 2.79. The summed E-state index contributed by atoms with van der Waals surface area (Å²) in [6.07, 6.45) is 1.75. The van der Waals surface area contributed by atoms with Gasteiger partial charge in [-0.15, -0.1) is 0 Å². The molecule has 1 N–H and O–H groups in total. The molecule has 2 heterocycles. The van der Waals surface area contributed by atoms with E-state index in [4.69, 9.17) is 4.74 Å². The summed E-state index contributed by atoms with van der Waals surface area (Å²) in [4.78, 5) is 29.9. The number of para-hydroxylation sites is 1. The standard InChI is InChI=1S/C24H22FN3O3S/c1-3-12-31-19-11-7-5-9-16(19)17-13-20(29)26-22-21(17)23(30)27-24(28(22)2)32-14-15-8-4-6-10-18(15)25/h3-11,17H,1,12-14H2,2H3,(H,26,29)/t17-/m1/s1. The first-order valence-electron chi connectivity index (χ1n) is 10.1. The third-order valence-electron chi connectivity index (χ3n) is 5.27. The van der Waals surface area contributed by atoms with Crippen molar-refractivity contribution in [3.8, 4) is 5.75 Å². The molecule has 164 valence electrons. The molecule has 6 nitrogen and oxygen atoms in total. The van der Waals surface area contributed by atoms with Crippen LogP contribution in [0.2, 0.25) is 0 Å². The number of nitrogens with zero attached hydrogens (tertiary/aromatic N) is 2. The van der Waals surface area contributed by atoms with Gasteiger partial charge in [0.25, 0.3) is 5.56 Å². The van der Waals surface area contributed by atoms with Crippen molar-refractivity contribution in [1.29, 1.82) is 0 Å². The van der Waals surface area contributed by atoms with E-state index in [-0.39, 0.29) is 18.1 Å². The van der Waals surface area contributed by atoms with Crippen LogP contribution in [0.25, 0.3) is 0 Å². The van der Waals surface area contributed by atoms with Crippen LogP contribution in [0.1, 0.15) is 29.0 Å². The molecule has 0 spiro atoms. The van der Waals surface area contributed by atoms with Gasteiger partial charge in [-0.3, -0.25) is 9.59 Å². The van der Waals surface area contributed by atoms with Gasteiger partial charge in [0.05, 0.1) is 5.56 Å². The molecule has 0 saturated heterocycles. The van der Waals surface area contributed by atoms with Gasteiger partial charge in [0.15, 0.2) is 5.16 Å². The number of anilines is 1. The second-order valence-corrected chi connectivity index (χ2v) is 8.29. The Kier molecular flexibility index (Phi) is 6.41. The number of halogens is 1. The highest BCUT2D eigenvalue weighted by Crippen LogP contribution is 2.39. The molecule has 1 atom stereocenters. The maximum absolute atomic E-state index is 14.0. The third kappa shape index (κ3) is 4.31. The first-order valence-corrected chi connectivity index (χ1v) is 11.1. The van der Waals surface area contributed by atoms with E-state index >= 15 is 0 Å². The Balaban J connectivity index is 1.73. The number of hydrogen-bond acceptors (Lipinski definition) is 5. The van der Waals surface area contributed by atoms with Gasteiger partial charge in [-0.25, -0.2) is 4.39 Å². The van der Waals surface area contributed by atoms with Crippen molar-refractivity contribution in [3.05, 3.63) is 94.0 Å². The quantitative estimate of drug-likeness (QED) is 0.330. The maximum atomic E-state index is 14.0. The van der Waals surface area contributed by atoms with E-state index in [1.165, 1.54) is 17.8 Å². The predicted octanol–water partition coefficient (Wildman–Crippen LogP) is 4.25. The second-order valence-electron chi connectivity index (χ2n) is 7.34. The Hall–Kier alpha value is -3.39. The Morgan fingerprint density at radius 3 is 2.78 bits per heavy atom. The molecular formula is C24H22FN3O3S. The summed E-state index contributed by atoms with van der Waals surface area (Å²) >= 11 is 1.24. The molecule has 0 saturated carbocycles. The summed E-state index contributed by atoms with van der Waals surface area (Å²) in [5.41, 5.74) is 1.26. The van der Waals surface area contributed by atoms with Crippen molar-refractivity contribution >= 4 is 23.5 Å². The Bertz CT molecular complexity index is 1240. The average molecular weight is 452 g/mol. The lowest BCUT2D eigenvalue weighted by atomic mass is 9.86. The van der Waals surface area contributed by atoms with Gasteiger partial charge in [-0.1, -0.05) is 60.8 Å². The molecule has 32 heavy (non-hydrogen) atoms. The molecule has 0 radical (unpaired) electrons. The highest BCUT2D eigenvalue weighted by molar-refractivity contribution is 7.98. The molecule has 3 aromatic rings. The summed E-state index contributed by atoms with van der Waals surface area (Å²) in [5.74, 6) is 0.302. The number of hydrogen-bond donors (Lipinski definition) is 1. The normalized spacial score (nSPS) is 15.1. The zero-order valence-corrected chi connectivity index (χ0v) is 18.3. The molecular weight excluding hydrogens is 429 g/mol. The number of rotatable bonds is 7. The molecule has 0 fully saturated rings. The fourth-order valence-electron chi connectivity index (χ4n) is 3.74. The van der Waals surface area contributed by atoms with E-state index in [1.807, 2.05) is 24.3 Å². The van der Waals surface area contributed by atoms with E-state index in [9.17, 15) is 14.0 Å². The Morgan fingerprint density at radius 2 is 2.00 bits per heavy atom. The highest BCUT2D eigenvalue weighted by atomic mass is 32.2. The smallest absolute Gasteiger partial charge is 0.279 e. The summed E-state index contributed by atoms with van der Waals surface area (Å²) in [7, 11) is 1.73. The molecule has 0 aliphatic carbocycles. The highest BCUT2D eigenvalue weighted by Gasteiger charge is 2.33. The maximum Gasteiger partial charge on any atom is 0.279 e. The van der Waals surface area contributed by atoms with Crippen molar-refractivity contribution in [3.63, 3.8) is 0 Å². The molecule has 8 heteroatoms. The number of benzene rings is 2. The minimum atomic E-state index is -0.489. The van der Waals surface area contributed by atoms with Gasteiger partial charge in [0.1, 0.15) is 24.0 Å². The molecule has 1 aromatic heterocycles. The van der Waals surface area contributed by atoms with Crippen LogP contribution >= 0.6 is 11.8 Å². The lowest BCUT2D eigenvalue weighted by Crippen LogP contribution is -2.33. The van der Waals surface area contributed by atoms with Crippen molar-refractivity contribution in [2.45, 2.75) is 23.2 Å². The van der Waals surface area contributed by atoms with E-state index in [0.717, 1.165) is 5.56 Å². The topological polar surface area (TPSA) is 73.2 Å². The van der Waals surface area contributed by atoms with Crippen molar-refractivity contribution < 1.29 is 13.9 Å². The van der Waals surface area contributed by atoms with E-state index in [0.29, 0.717) is 40.2 Å². The first kappa shape index (κ1) is 21.8. The van der Waals surface area contributed by atoms with Crippen LogP contribution in [-0.2, 0) is 17.6 Å². The fraction of sp³-hybridized carbons (Fsp3) is 0.208. The molecule has 0 unspecified atom stereocenters. The number of amides is 1. The van der Waals surface area contributed by atoms with Crippen LogP contribution in [-0.4, -0.2) is 22.1 Å². The van der Waals surface area contributed by atoms with E-state index < -0.39 is 11.5 Å². The monoisotopic (exact) mass is 451 g/mol. The predicted molar refractivity (Wildman–Crippen MR) is 123 cm³/mol. The van der Waals surface area contributed by atoms with Crippen LogP contribution < -0.4 is 15.6 Å². The van der Waals surface area contributed by atoms with Gasteiger partial charge in [0, 0.05) is 30.7 Å². The molecule has 4 rings (SSSR count). The van der Waals surface area contributed by atoms with Crippen molar-refractivity contribution in [2.24, 2.45) is 7.05 Å². The van der Waals surface area contributed by atoms with Crippen LogP contribution in [0.5, 0.6) is 5.75 Å². The number of ether oxygens (including phenoxy) is 1. The van der Waals surface area contributed by atoms with Gasteiger partial charge in [-0.05, 0) is 17.7 Å². The van der Waals surface area contributed by atoms with E-state index in [2.05, 4.69) is 16.9 Å². The van der Waals surface area contributed by atoms with Gasteiger partial charge >= 0.3 is 0 Å². The second kappa shape index (κ2) is 9.40. The van der Waals surface area contributed by atoms with Gasteiger partial charge in [-0.2, -0.15) is 4.98 Å². The molecule has 1 amide bonds. The van der Waals surface area contributed by atoms with Gasteiger partial charge in [0.2, 0.25) is 5.91 Å². The fourth-order valence-corrected chi connectivity index (χ4v) is 4.69. The zero-order valence-electron chi connectivity index (χ0n) is 17.5. The first-order chi connectivity index (χ1) is 15.5. The third-order valence-corrected chi connectivity index (χ3v) is 6.35. The van der Waals surface area contributed by atoms with Crippen LogP contribution in [0.15, 0.2) is 71.1 Å². The summed E-state index contributed by atoms with van der Waals surface area (Å²) in [5, 5.41) is 3.22. The lowest BCUT2D eigenvalue weighted by Gasteiger charge is -2.28. The minimum absolute atomic E-state index is 0.111.